The number of nitrogens with one attached hydrogen (secondary N) is 1. The summed E-state index contributed by atoms with van der Waals surface area (Å²) in [6, 6.07) is 9.16. The van der Waals surface area contributed by atoms with E-state index in [2.05, 4.69) is 9.97 Å². The Bertz CT molecular complexity index is 736. The summed E-state index contributed by atoms with van der Waals surface area (Å²) < 4.78 is 13.1. The fourth-order valence-electron chi connectivity index (χ4n) is 1.82. The Balaban J connectivity index is 2.16. The lowest BCUT2D eigenvalue weighted by molar-refractivity contribution is 0.478. The molecule has 0 spiro atoms. The fourth-order valence-corrected chi connectivity index (χ4v) is 1.82. The van der Waals surface area contributed by atoms with Gasteiger partial charge >= 0.3 is 0 Å². The van der Waals surface area contributed by atoms with Crippen LogP contribution >= 0.6 is 0 Å². The number of imidazole rings is 1. The summed E-state index contributed by atoms with van der Waals surface area (Å²) in [6.45, 7) is 0. The Hall–Kier alpha value is -2.56. The lowest BCUT2D eigenvalue weighted by Gasteiger charge is -2.00. The van der Waals surface area contributed by atoms with Crippen LogP contribution < -0.4 is 5.73 Å². The minimum atomic E-state index is -0.317. The van der Waals surface area contributed by atoms with Gasteiger partial charge in [-0.3, -0.25) is 0 Å². The quantitative estimate of drug-likeness (QED) is 0.454. The molecule has 1 heterocycles. The molecule has 90 valence electrons. The van der Waals surface area contributed by atoms with Crippen LogP contribution in [0.5, 0.6) is 5.75 Å². The Morgan fingerprint density at radius 2 is 2.00 bits per heavy atom. The summed E-state index contributed by atoms with van der Waals surface area (Å²) >= 11 is 0. The van der Waals surface area contributed by atoms with Crippen molar-refractivity contribution in [3.8, 4) is 17.1 Å². The van der Waals surface area contributed by atoms with Crippen LogP contribution in [-0.4, -0.2) is 15.1 Å². The number of nitrogens with zero attached hydrogens (tertiary/aromatic N) is 1. The second kappa shape index (κ2) is 3.73. The Labute approximate surface area is 102 Å². The predicted octanol–water partition coefficient (Wildman–Crippen LogP) is 2.66. The average molecular weight is 243 g/mol. The zero-order valence-corrected chi connectivity index (χ0v) is 9.31. The first kappa shape index (κ1) is 10.6. The lowest BCUT2D eigenvalue weighted by atomic mass is 10.2. The maximum absolute atomic E-state index is 13.1. The maximum Gasteiger partial charge on any atom is 0.138 e. The van der Waals surface area contributed by atoms with Gasteiger partial charge in [-0.05, 0) is 36.4 Å². The molecule has 3 aromatic rings. The summed E-state index contributed by atoms with van der Waals surface area (Å²) in [6.07, 6.45) is 0. The van der Waals surface area contributed by atoms with Crippen molar-refractivity contribution < 1.29 is 9.50 Å². The molecule has 0 radical (unpaired) electrons. The van der Waals surface area contributed by atoms with Crippen molar-refractivity contribution in [1.29, 1.82) is 0 Å². The van der Waals surface area contributed by atoms with Crippen molar-refractivity contribution in [2.75, 3.05) is 5.73 Å². The molecule has 0 amide bonds. The number of phenolic OH excluding ortho intramolecular Hbond substituents is 1. The number of aromatic hydroxyl groups is 1. The zero-order chi connectivity index (χ0) is 12.7. The number of halogens is 1. The molecule has 0 saturated heterocycles. The topological polar surface area (TPSA) is 74.9 Å². The molecule has 4 nitrogen and oxygen atoms in total. The molecule has 2 aromatic carbocycles. The summed E-state index contributed by atoms with van der Waals surface area (Å²) in [5.74, 6) is 0.297. The molecular weight excluding hydrogens is 233 g/mol. The van der Waals surface area contributed by atoms with E-state index in [0.29, 0.717) is 16.9 Å². The van der Waals surface area contributed by atoms with Gasteiger partial charge in [-0.1, -0.05) is 0 Å². The molecule has 0 unspecified atom stereocenters. The highest BCUT2D eigenvalue weighted by atomic mass is 19.1. The van der Waals surface area contributed by atoms with Crippen LogP contribution in [0.4, 0.5) is 10.1 Å². The molecule has 5 heteroatoms. The van der Waals surface area contributed by atoms with E-state index < -0.39 is 0 Å². The number of benzene rings is 2. The number of nitrogens with two attached hydrogens (primary N) is 1. The molecule has 18 heavy (non-hydrogen) atoms. The van der Waals surface area contributed by atoms with Crippen LogP contribution in [-0.2, 0) is 0 Å². The van der Waals surface area contributed by atoms with Gasteiger partial charge in [0.05, 0.1) is 16.7 Å². The molecule has 0 saturated carbocycles. The van der Waals surface area contributed by atoms with Gasteiger partial charge in [-0.15, -0.1) is 0 Å². The first-order chi connectivity index (χ1) is 8.63. The van der Waals surface area contributed by atoms with Gasteiger partial charge in [0, 0.05) is 5.56 Å². The van der Waals surface area contributed by atoms with E-state index >= 15 is 0 Å². The number of fused-ring (bicyclic) bond motifs is 1. The minimum absolute atomic E-state index is 0.0286. The number of rotatable bonds is 1. The van der Waals surface area contributed by atoms with E-state index in [1.807, 2.05) is 0 Å². The number of hydrogen-bond donors (Lipinski definition) is 3. The molecule has 4 N–H and O–H groups in total. The van der Waals surface area contributed by atoms with Crippen LogP contribution in [0.1, 0.15) is 0 Å². The zero-order valence-electron chi connectivity index (χ0n) is 9.31. The molecule has 0 fully saturated rings. The highest BCUT2D eigenvalue weighted by molar-refractivity contribution is 5.80. The van der Waals surface area contributed by atoms with Crippen molar-refractivity contribution in [3.05, 3.63) is 42.2 Å². The number of anilines is 1. The summed E-state index contributed by atoms with van der Waals surface area (Å²) in [5.41, 5.74) is 7.94. The van der Waals surface area contributed by atoms with Gasteiger partial charge in [-0.25, -0.2) is 9.37 Å². The van der Waals surface area contributed by atoms with E-state index in [1.165, 1.54) is 18.2 Å². The van der Waals surface area contributed by atoms with E-state index in [0.717, 1.165) is 5.56 Å². The predicted molar refractivity (Wildman–Crippen MR) is 67.6 cm³/mol. The first-order valence-electron chi connectivity index (χ1n) is 5.37. The number of H-pyrrole nitrogens is 1. The number of hydrogen-bond acceptors (Lipinski definition) is 3. The molecular formula is C13H10FN3O. The lowest BCUT2D eigenvalue weighted by Crippen LogP contribution is -1.87. The van der Waals surface area contributed by atoms with E-state index in [9.17, 15) is 9.50 Å². The standard InChI is InChI=1S/C13H10FN3O/c14-8-2-3-10-11(6-8)17-13(16-10)7-1-4-12(18)9(15)5-7/h1-6,18H,15H2,(H,16,17). The molecule has 3 rings (SSSR count). The Morgan fingerprint density at radius 3 is 2.78 bits per heavy atom. The van der Waals surface area contributed by atoms with Crippen molar-refractivity contribution in [3.63, 3.8) is 0 Å². The molecule has 1 aromatic heterocycles. The van der Waals surface area contributed by atoms with Crippen LogP contribution in [0.3, 0.4) is 0 Å². The summed E-state index contributed by atoms with van der Waals surface area (Å²) in [7, 11) is 0. The van der Waals surface area contributed by atoms with Crippen molar-refractivity contribution in [2.24, 2.45) is 0 Å². The van der Waals surface area contributed by atoms with E-state index in [4.69, 9.17) is 5.73 Å². The average Bonchev–Trinajstić information content (AvgIpc) is 2.75. The second-order valence-corrected chi connectivity index (χ2v) is 4.02. The van der Waals surface area contributed by atoms with Crippen LogP contribution in [0.15, 0.2) is 36.4 Å². The van der Waals surface area contributed by atoms with Gasteiger partial charge < -0.3 is 15.8 Å². The normalized spacial score (nSPS) is 10.9. The van der Waals surface area contributed by atoms with Crippen LogP contribution in [0.2, 0.25) is 0 Å². The van der Waals surface area contributed by atoms with Crippen molar-refractivity contribution >= 4 is 16.7 Å². The fraction of sp³-hybridized carbons (Fsp3) is 0. The smallest absolute Gasteiger partial charge is 0.138 e. The van der Waals surface area contributed by atoms with Crippen LogP contribution in [0.25, 0.3) is 22.4 Å². The van der Waals surface area contributed by atoms with Crippen molar-refractivity contribution in [2.45, 2.75) is 0 Å². The largest absolute Gasteiger partial charge is 0.506 e. The van der Waals surface area contributed by atoms with Gasteiger partial charge in [0.2, 0.25) is 0 Å². The molecule has 0 aliphatic heterocycles. The third kappa shape index (κ3) is 1.66. The van der Waals surface area contributed by atoms with Gasteiger partial charge in [0.15, 0.2) is 0 Å². The Kier molecular flexibility index (Phi) is 2.19. The molecule has 0 atom stereocenters. The minimum Gasteiger partial charge on any atom is -0.506 e. The maximum atomic E-state index is 13.1. The van der Waals surface area contributed by atoms with E-state index in [1.54, 1.807) is 18.2 Å². The Morgan fingerprint density at radius 1 is 1.17 bits per heavy atom. The monoisotopic (exact) mass is 243 g/mol. The van der Waals surface area contributed by atoms with Gasteiger partial charge in [0.25, 0.3) is 0 Å². The molecule has 0 aliphatic carbocycles. The molecule has 0 bridgehead atoms. The molecule has 0 aliphatic rings. The van der Waals surface area contributed by atoms with Crippen molar-refractivity contribution in [1.82, 2.24) is 9.97 Å². The van der Waals surface area contributed by atoms with Gasteiger partial charge in [-0.2, -0.15) is 0 Å². The SMILES string of the molecule is Nc1cc(-c2nc3ccc(F)cc3[nH]2)ccc1O. The number of aromatic nitrogens is 2. The summed E-state index contributed by atoms with van der Waals surface area (Å²) in [5, 5.41) is 9.36. The number of nitrogen functional groups attached to an aromatic ring is 1. The second-order valence-electron chi connectivity index (χ2n) is 4.02. The van der Waals surface area contributed by atoms with Gasteiger partial charge in [0.1, 0.15) is 17.4 Å². The summed E-state index contributed by atoms with van der Waals surface area (Å²) in [4.78, 5) is 7.35. The number of phenols is 1. The third-order valence-electron chi connectivity index (χ3n) is 2.74. The highest BCUT2D eigenvalue weighted by Gasteiger charge is 2.07. The first-order valence-corrected chi connectivity index (χ1v) is 5.37. The number of aromatic amines is 1. The highest BCUT2D eigenvalue weighted by Crippen LogP contribution is 2.27. The third-order valence-corrected chi connectivity index (χ3v) is 2.74. The van der Waals surface area contributed by atoms with Crippen LogP contribution in [0, 0.1) is 5.82 Å². The van der Waals surface area contributed by atoms with E-state index in [-0.39, 0.29) is 17.3 Å².